The quantitative estimate of drug-likeness (QED) is 0.706. The zero-order valence-electron chi connectivity index (χ0n) is 16.2. The summed E-state index contributed by atoms with van der Waals surface area (Å²) < 4.78 is 29.6. The summed E-state index contributed by atoms with van der Waals surface area (Å²) in [7, 11) is 0. The van der Waals surface area contributed by atoms with E-state index in [1.165, 1.54) is 6.07 Å². The number of amides is 2. The van der Waals surface area contributed by atoms with Crippen LogP contribution in [0.2, 0.25) is 0 Å². The molecule has 3 rings (SSSR count). The molecule has 154 valence electrons. The first-order chi connectivity index (χ1) is 13.8. The molecule has 0 saturated heterocycles. The van der Waals surface area contributed by atoms with Gasteiger partial charge in [-0.1, -0.05) is 12.1 Å². The first-order valence-electron chi connectivity index (χ1n) is 9.27. The minimum absolute atomic E-state index is 0.00673. The van der Waals surface area contributed by atoms with Gasteiger partial charge in [-0.05, 0) is 49.9 Å². The highest BCUT2D eigenvalue weighted by atomic mass is 19.3. The van der Waals surface area contributed by atoms with Gasteiger partial charge in [-0.25, -0.2) is 18.7 Å². The standard InChI is InChI=1S/C20H22F2N4O3/c1-11-7-13(3-6-16(11)29-10-17(21)22)9-23-19(28)15-8-12(2)24-20(25-15)26-18(27)14-4-5-14/h3,6-8,14,17H,4-5,9-10H2,1-2H3,(H,23,28)(H,24,25,26,27). The molecule has 1 fully saturated rings. The van der Waals surface area contributed by atoms with Crippen LogP contribution in [-0.2, 0) is 11.3 Å². The Morgan fingerprint density at radius 2 is 1.97 bits per heavy atom. The molecule has 1 saturated carbocycles. The van der Waals surface area contributed by atoms with Crippen LogP contribution in [0.5, 0.6) is 5.75 Å². The van der Waals surface area contributed by atoms with Crippen LogP contribution < -0.4 is 15.4 Å². The van der Waals surface area contributed by atoms with Gasteiger partial charge in [0, 0.05) is 18.2 Å². The van der Waals surface area contributed by atoms with Crippen LogP contribution in [-0.4, -0.2) is 34.8 Å². The Morgan fingerprint density at radius 1 is 1.21 bits per heavy atom. The third-order valence-corrected chi connectivity index (χ3v) is 4.33. The molecular weight excluding hydrogens is 382 g/mol. The number of aromatic nitrogens is 2. The SMILES string of the molecule is Cc1cc(C(=O)NCc2ccc(OCC(F)F)c(C)c2)nc(NC(=O)C2CC2)n1. The second-order valence-corrected chi connectivity index (χ2v) is 6.97. The van der Waals surface area contributed by atoms with Crippen molar-refractivity contribution in [2.24, 2.45) is 5.92 Å². The van der Waals surface area contributed by atoms with E-state index in [1.807, 2.05) is 0 Å². The maximum atomic E-state index is 12.5. The maximum Gasteiger partial charge on any atom is 0.272 e. The highest BCUT2D eigenvalue weighted by molar-refractivity contribution is 5.95. The third-order valence-electron chi connectivity index (χ3n) is 4.33. The van der Waals surface area contributed by atoms with Gasteiger partial charge in [-0.3, -0.25) is 14.9 Å². The van der Waals surface area contributed by atoms with Gasteiger partial charge in [0.25, 0.3) is 12.3 Å². The van der Waals surface area contributed by atoms with Crippen molar-refractivity contribution in [3.63, 3.8) is 0 Å². The molecule has 0 aliphatic heterocycles. The van der Waals surface area contributed by atoms with E-state index in [0.29, 0.717) is 17.0 Å². The number of rotatable bonds is 8. The Kier molecular flexibility index (Phi) is 6.36. The fraction of sp³-hybridized carbons (Fsp3) is 0.400. The van der Waals surface area contributed by atoms with Crippen molar-refractivity contribution in [1.29, 1.82) is 0 Å². The monoisotopic (exact) mass is 404 g/mol. The van der Waals surface area contributed by atoms with Crippen molar-refractivity contribution in [3.8, 4) is 5.75 Å². The zero-order valence-corrected chi connectivity index (χ0v) is 16.2. The molecular formula is C20H22F2N4O3. The van der Waals surface area contributed by atoms with E-state index in [0.717, 1.165) is 18.4 Å². The van der Waals surface area contributed by atoms with E-state index < -0.39 is 18.9 Å². The normalized spacial score (nSPS) is 13.3. The molecule has 1 aliphatic rings. The molecule has 0 unspecified atom stereocenters. The van der Waals surface area contributed by atoms with E-state index >= 15 is 0 Å². The summed E-state index contributed by atoms with van der Waals surface area (Å²) in [4.78, 5) is 32.6. The Labute approximate surface area is 166 Å². The van der Waals surface area contributed by atoms with Crippen molar-refractivity contribution >= 4 is 17.8 Å². The van der Waals surface area contributed by atoms with Crippen molar-refractivity contribution < 1.29 is 23.1 Å². The summed E-state index contributed by atoms with van der Waals surface area (Å²) in [6.45, 7) is 3.02. The van der Waals surface area contributed by atoms with Crippen LogP contribution in [0.25, 0.3) is 0 Å². The third kappa shape index (κ3) is 5.94. The average Bonchev–Trinajstić information content (AvgIpc) is 3.50. The lowest BCUT2D eigenvalue weighted by Gasteiger charge is -2.11. The maximum absolute atomic E-state index is 12.5. The van der Waals surface area contributed by atoms with Crippen molar-refractivity contribution in [2.75, 3.05) is 11.9 Å². The topological polar surface area (TPSA) is 93.2 Å². The van der Waals surface area contributed by atoms with Crippen molar-refractivity contribution in [3.05, 3.63) is 46.8 Å². The molecule has 7 nitrogen and oxygen atoms in total. The number of aryl methyl sites for hydroxylation is 2. The molecule has 2 amide bonds. The van der Waals surface area contributed by atoms with E-state index in [-0.39, 0.29) is 30.0 Å². The number of nitrogens with zero attached hydrogens (tertiary/aromatic N) is 2. The average molecular weight is 404 g/mol. The second kappa shape index (κ2) is 8.93. The predicted octanol–water partition coefficient (Wildman–Crippen LogP) is 3.02. The van der Waals surface area contributed by atoms with Crippen LogP contribution in [0.4, 0.5) is 14.7 Å². The van der Waals surface area contributed by atoms with Gasteiger partial charge in [-0.15, -0.1) is 0 Å². The Hall–Kier alpha value is -3.10. The number of anilines is 1. The lowest BCUT2D eigenvalue weighted by molar-refractivity contribution is -0.117. The number of benzene rings is 1. The molecule has 2 aromatic rings. The van der Waals surface area contributed by atoms with Crippen LogP contribution in [0.15, 0.2) is 24.3 Å². The van der Waals surface area contributed by atoms with Crippen LogP contribution in [0.1, 0.15) is 40.2 Å². The summed E-state index contributed by atoms with van der Waals surface area (Å²) in [6.07, 6.45) is -0.823. The van der Waals surface area contributed by atoms with Gasteiger partial charge in [-0.2, -0.15) is 0 Å². The van der Waals surface area contributed by atoms with Gasteiger partial charge < -0.3 is 10.1 Å². The number of hydrogen-bond acceptors (Lipinski definition) is 5. The predicted molar refractivity (Wildman–Crippen MR) is 102 cm³/mol. The molecule has 0 atom stereocenters. The lowest BCUT2D eigenvalue weighted by Crippen LogP contribution is -2.25. The molecule has 9 heteroatoms. The molecule has 2 N–H and O–H groups in total. The Morgan fingerprint density at radius 3 is 2.62 bits per heavy atom. The van der Waals surface area contributed by atoms with E-state index in [2.05, 4.69) is 20.6 Å². The van der Waals surface area contributed by atoms with E-state index in [9.17, 15) is 18.4 Å². The summed E-state index contributed by atoms with van der Waals surface area (Å²) in [5, 5.41) is 5.39. The van der Waals surface area contributed by atoms with Crippen molar-refractivity contribution in [2.45, 2.75) is 39.7 Å². The van der Waals surface area contributed by atoms with Gasteiger partial charge in [0.05, 0.1) is 0 Å². The van der Waals surface area contributed by atoms with Gasteiger partial charge in [0.1, 0.15) is 18.1 Å². The molecule has 1 heterocycles. The Balaban J connectivity index is 1.60. The first-order valence-corrected chi connectivity index (χ1v) is 9.27. The molecule has 0 radical (unpaired) electrons. The lowest BCUT2D eigenvalue weighted by atomic mass is 10.1. The highest BCUT2D eigenvalue weighted by Gasteiger charge is 2.30. The summed E-state index contributed by atoms with van der Waals surface area (Å²) in [6, 6.07) is 6.59. The number of carbonyl (C=O) groups is 2. The van der Waals surface area contributed by atoms with Crippen LogP contribution in [0.3, 0.4) is 0 Å². The fourth-order valence-corrected chi connectivity index (χ4v) is 2.71. The second-order valence-electron chi connectivity index (χ2n) is 6.97. The smallest absolute Gasteiger partial charge is 0.272 e. The number of carbonyl (C=O) groups excluding carboxylic acids is 2. The number of nitrogens with one attached hydrogen (secondary N) is 2. The number of ether oxygens (including phenoxy) is 1. The number of halogens is 2. The molecule has 1 aliphatic carbocycles. The van der Waals surface area contributed by atoms with E-state index in [1.54, 1.807) is 32.0 Å². The molecule has 1 aromatic heterocycles. The van der Waals surface area contributed by atoms with Gasteiger partial charge in [0.15, 0.2) is 0 Å². The molecule has 0 spiro atoms. The summed E-state index contributed by atoms with van der Waals surface area (Å²) in [5.41, 5.74) is 2.19. The van der Waals surface area contributed by atoms with E-state index in [4.69, 9.17) is 4.74 Å². The van der Waals surface area contributed by atoms with Crippen molar-refractivity contribution in [1.82, 2.24) is 15.3 Å². The zero-order chi connectivity index (χ0) is 21.0. The highest BCUT2D eigenvalue weighted by Crippen LogP contribution is 2.29. The van der Waals surface area contributed by atoms with Crippen LogP contribution >= 0.6 is 0 Å². The fourth-order valence-electron chi connectivity index (χ4n) is 2.71. The first kappa shape index (κ1) is 20.6. The number of alkyl halides is 2. The summed E-state index contributed by atoms with van der Waals surface area (Å²) >= 11 is 0. The van der Waals surface area contributed by atoms with Crippen LogP contribution in [0, 0.1) is 19.8 Å². The number of hydrogen-bond donors (Lipinski definition) is 2. The van der Waals surface area contributed by atoms with Gasteiger partial charge in [0.2, 0.25) is 11.9 Å². The molecule has 29 heavy (non-hydrogen) atoms. The summed E-state index contributed by atoms with van der Waals surface area (Å²) in [5.74, 6) is -0.0433. The molecule has 0 bridgehead atoms. The minimum atomic E-state index is -2.54. The Bertz CT molecular complexity index is 917. The van der Waals surface area contributed by atoms with Gasteiger partial charge >= 0.3 is 0 Å². The molecule has 1 aromatic carbocycles. The largest absolute Gasteiger partial charge is 0.487 e. The minimum Gasteiger partial charge on any atom is -0.487 e.